The van der Waals surface area contributed by atoms with Gasteiger partial charge in [-0.2, -0.15) is 0 Å². The molecule has 0 heterocycles. The van der Waals surface area contributed by atoms with Crippen LogP contribution in [-0.4, -0.2) is 19.1 Å². The Morgan fingerprint density at radius 1 is 1.53 bits per heavy atom. The number of carbonyl (C=O) groups excluding carboxylic acids is 1. The predicted octanol–water partition coefficient (Wildman–Crippen LogP) is 2.00. The molecule has 0 saturated carbocycles. The van der Waals surface area contributed by atoms with E-state index in [4.69, 9.17) is 10.5 Å². The first-order chi connectivity index (χ1) is 8.58. The summed E-state index contributed by atoms with van der Waals surface area (Å²) >= 11 is 0. The zero-order chi connectivity index (χ0) is 13.5. The van der Waals surface area contributed by atoms with E-state index < -0.39 is 11.9 Å². The standard InChI is InChI=1S/C13H19FN2O2.ClH/c1-3-4-11(15)13(17)16-8-9-5-6-12(18-2)10(14)7-9;/h5-7,11H,3-4,8,15H2,1-2H3,(H,16,17);1H. The van der Waals surface area contributed by atoms with Crippen LogP contribution in [0.3, 0.4) is 0 Å². The molecular formula is C13H20ClFN2O2. The molecular weight excluding hydrogens is 271 g/mol. The molecule has 1 amide bonds. The SMILES string of the molecule is CCCC(N)C(=O)NCc1ccc(OC)c(F)c1.Cl. The molecule has 19 heavy (non-hydrogen) atoms. The number of rotatable bonds is 6. The van der Waals surface area contributed by atoms with Crippen LogP contribution in [0.1, 0.15) is 25.3 Å². The maximum absolute atomic E-state index is 13.4. The molecule has 0 spiro atoms. The Hall–Kier alpha value is -1.33. The number of nitrogens with one attached hydrogen (secondary N) is 1. The van der Waals surface area contributed by atoms with Gasteiger partial charge in [-0.15, -0.1) is 12.4 Å². The molecule has 0 aliphatic carbocycles. The maximum Gasteiger partial charge on any atom is 0.237 e. The first kappa shape index (κ1) is 17.7. The number of halogens is 2. The van der Waals surface area contributed by atoms with Crippen molar-refractivity contribution in [2.24, 2.45) is 5.73 Å². The number of amides is 1. The number of methoxy groups -OCH3 is 1. The zero-order valence-corrected chi connectivity index (χ0v) is 11.9. The highest BCUT2D eigenvalue weighted by Gasteiger charge is 2.12. The van der Waals surface area contributed by atoms with Gasteiger partial charge in [-0.25, -0.2) is 4.39 Å². The van der Waals surface area contributed by atoms with Gasteiger partial charge in [0.05, 0.1) is 13.2 Å². The Balaban J connectivity index is 0.00000324. The van der Waals surface area contributed by atoms with Crippen LogP contribution in [0.25, 0.3) is 0 Å². The van der Waals surface area contributed by atoms with Crippen molar-refractivity contribution in [3.8, 4) is 5.75 Å². The highest BCUT2D eigenvalue weighted by molar-refractivity contribution is 5.85. The van der Waals surface area contributed by atoms with E-state index in [1.54, 1.807) is 6.07 Å². The summed E-state index contributed by atoms with van der Waals surface area (Å²) < 4.78 is 18.2. The number of nitrogens with two attached hydrogens (primary N) is 1. The molecule has 1 unspecified atom stereocenters. The van der Waals surface area contributed by atoms with Crippen molar-refractivity contribution in [2.75, 3.05) is 7.11 Å². The van der Waals surface area contributed by atoms with Crippen molar-refractivity contribution in [3.63, 3.8) is 0 Å². The van der Waals surface area contributed by atoms with Crippen LogP contribution in [0, 0.1) is 5.82 Å². The Bertz CT molecular complexity index is 416. The van der Waals surface area contributed by atoms with Crippen molar-refractivity contribution in [2.45, 2.75) is 32.4 Å². The monoisotopic (exact) mass is 290 g/mol. The van der Waals surface area contributed by atoms with Gasteiger partial charge in [0.2, 0.25) is 5.91 Å². The van der Waals surface area contributed by atoms with Crippen molar-refractivity contribution in [1.82, 2.24) is 5.32 Å². The normalized spacial score (nSPS) is 11.4. The van der Waals surface area contributed by atoms with Crippen molar-refractivity contribution in [3.05, 3.63) is 29.6 Å². The fourth-order valence-electron chi connectivity index (χ4n) is 1.58. The summed E-state index contributed by atoms with van der Waals surface area (Å²) in [6.07, 6.45) is 1.49. The highest BCUT2D eigenvalue weighted by atomic mass is 35.5. The third-order valence-corrected chi connectivity index (χ3v) is 2.62. The predicted molar refractivity (Wildman–Crippen MR) is 74.9 cm³/mol. The topological polar surface area (TPSA) is 64.4 Å². The van der Waals surface area contributed by atoms with Gasteiger partial charge >= 0.3 is 0 Å². The van der Waals surface area contributed by atoms with Crippen molar-refractivity contribution < 1.29 is 13.9 Å². The third-order valence-electron chi connectivity index (χ3n) is 2.62. The lowest BCUT2D eigenvalue weighted by molar-refractivity contribution is -0.122. The minimum atomic E-state index is -0.502. The lowest BCUT2D eigenvalue weighted by Crippen LogP contribution is -2.40. The van der Waals surface area contributed by atoms with Crippen LogP contribution >= 0.6 is 12.4 Å². The van der Waals surface area contributed by atoms with E-state index in [-0.39, 0.29) is 30.6 Å². The van der Waals surface area contributed by atoms with Crippen molar-refractivity contribution in [1.29, 1.82) is 0 Å². The van der Waals surface area contributed by atoms with Gasteiger partial charge in [0, 0.05) is 6.54 Å². The zero-order valence-electron chi connectivity index (χ0n) is 11.1. The van der Waals surface area contributed by atoms with Gasteiger partial charge in [0.25, 0.3) is 0 Å². The molecule has 1 atom stereocenters. The third kappa shape index (κ3) is 5.44. The largest absolute Gasteiger partial charge is 0.494 e. The molecule has 3 N–H and O–H groups in total. The van der Waals surface area contributed by atoms with E-state index in [1.807, 2.05) is 6.92 Å². The van der Waals surface area contributed by atoms with Gasteiger partial charge < -0.3 is 15.8 Å². The molecule has 0 aliphatic heterocycles. The molecule has 0 bridgehead atoms. The van der Waals surface area contributed by atoms with Crippen LogP contribution in [0.4, 0.5) is 4.39 Å². The number of hydrogen-bond acceptors (Lipinski definition) is 3. The summed E-state index contributed by atoms with van der Waals surface area (Å²) in [5.41, 5.74) is 6.33. The summed E-state index contributed by atoms with van der Waals surface area (Å²) in [7, 11) is 1.41. The van der Waals surface area contributed by atoms with Crippen molar-refractivity contribution >= 4 is 18.3 Å². The molecule has 0 radical (unpaired) electrons. The lowest BCUT2D eigenvalue weighted by atomic mass is 10.1. The van der Waals surface area contributed by atoms with Gasteiger partial charge in [-0.1, -0.05) is 19.4 Å². The average molecular weight is 291 g/mol. The number of hydrogen-bond donors (Lipinski definition) is 2. The molecule has 0 aromatic heterocycles. The summed E-state index contributed by atoms with van der Waals surface area (Å²) in [6.45, 7) is 2.23. The summed E-state index contributed by atoms with van der Waals surface area (Å²) in [5.74, 6) is -0.469. The molecule has 108 valence electrons. The molecule has 1 aromatic carbocycles. The second-order valence-corrected chi connectivity index (χ2v) is 4.08. The number of ether oxygens (including phenoxy) is 1. The maximum atomic E-state index is 13.4. The van der Waals surface area contributed by atoms with Crippen LogP contribution in [0.2, 0.25) is 0 Å². The first-order valence-corrected chi connectivity index (χ1v) is 5.94. The van der Waals surface area contributed by atoms with Gasteiger partial charge in [-0.05, 0) is 24.1 Å². The van der Waals surface area contributed by atoms with E-state index in [9.17, 15) is 9.18 Å². The fraction of sp³-hybridized carbons (Fsp3) is 0.462. The Labute approximate surface area is 118 Å². The second kappa shape index (κ2) is 8.72. The minimum Gasteiger partial charge on any atom is -0.494 e. The average Bonchev–Trinajstić information content (AvgIpc) is 2.36. The second-order valence-electron chi connectivity index (χ2n) is 4.08. The van der Waals surface area contributed by atoms with Crippen LogP contribution < -0.4 is 15.8 Å². The van der Waals surface area contributed by atoms with Crippen LogP contribution in [0.15, 0.2) is 18.2 Å². The van der Waals surface area contributed by atoms with Gasteiger partial charge in [0.1, 0.15) is 0 Å². The van der Waals surface area contributed by atoms with E-state index >= 15 is 0 Å². The molecule has 4 nitrogen and oxygen atoms in total. The Kier molecular flexibility index (Phi) is 8.11. The molecule has 1 aromatic rings. The molecule has 0 aliphatic rings. The lowest BCUT2D eigenvalue weighted by Gasteiger charge is -2.11. The van der Waals surface area contributed by atoms with E-state index in [0.717, 1.165) is 6.42 Å². The van der Waals surface area contributed by atoms with E-state index in [1.165, 1.54) is 19.2 Å². The number of carbonyl (C=O) groups is 1. The molecule has 1 rings (SSSR count). The van der Waals surface area contributed by atoms with E-state index in [0.29, 0.717) is 12.0 Å². The first-order valence-electron chi connectivity index (χ1n) is 5.94. The fourth-order valence-corrected chi connectivity index (χ4v) is 1.58. The van der Waals surface area contributed by atoms with E-state index in [2.05, 4.69) is 5.32 Å². The van der Waals surface area contributed by atoms with Crippen LogP contribution in [-0.2, 0) is 11.3 Å². The van der Waals surface area contributed by atoms with Gasteiger partial charge in [0.15, 0.2) is 11.6 Å². The highest BCUT2D eigenvalue weighted by Crippen LogP contribution is 2.17. The van der Waals surface area contributed by atoms with Gasteiger partial charge in [-0.3, -0.25) is 4.79 Å². The summed E-state index contributed by atoms with van der Waals surface area (Å²) in [4.78, 5) is 11.6. The quantitative estimate of drug-likeness (QED) is 0.842. The molecule has 0 saturated heterocycles. The smallest absolute Gasteiger partial charge is 0.237 e. The molecule has 6 heteroatoms. The summed E-state index contributed by atoms with van der Waals surface area (Å²) in [6, 6.07) is 4.07. The Morgan fingerprint density at radius 2 is 2.21 bits per heavy atom. The Morgan fingerprint density at radius 3 is 2.74 bits per heavy atom. The van der Waals surface area contributed by atoms with Crippen LogP contribution in [0.5, 0.6) is 5.75 Å². The molecule has 0 fully saturated rings. The summed E-state index contributed by atoms with van der Waals surface area (Å²) in [5, 5.41) is 2.68. The number of benzene rings is 1. The minimum absolute atomic E-state index is 0.